The van der Waals surface area contributed by atoms with Gasteiger partial charge in [-0.3, -0.25) is 4.79 Å². The summed E-state index contributed by atoms with van der Waals surface area (Å²) in [7, 11) is 0. The fourth-order valence-corrected chi connectivity index (χ4v) is 2.07. The van der Waals surface area contributed by atoms with Gasteiger partial charge in [0.1, 0.15) is 11.9 Å². The first kappa shape index (κ1) is 15.2. The maximum absolute atomic E-state index is 14.1. The van der Waals surface area contributed by atoms with Crippen molar-refractivity contribution in [2.24, 2.45) is 0 Å². The first-order valence-corrected chi connectivity index (χ1v) is 6.56. The standard InChI is InChI=1S/C17H12FN3O/c18-17-8-14(13-3-1-12(9-19)2-4-13)5-6-15(17)7-16(10-20)21-11-22/h1-6,8,11,16H,7H2,(H,21,22)/t16-/m0/s1. The fourth-order valence-electron chi connectivity index (χ4n) is 2.07. The van der Waals surface area contributed by atoms with Crippen LogP contribution in [0.1, 0.15) is 11.1 Å². The molecule has 22 heavy (non-hydrogen) atoms. The molecule has 4 nitrogen and oxygen atoms in total. The van der Waals surface area contributed by atoms with Gasteiger partial charge >= 0.3 is 0 Å². The van der Waals surface area contributed by atoms with E-state index in [1.54, 1.807) is 36.4 Å². The summed E-state index contributed by atoms with van der Waals surface area (Å²) in [6.45, 7) is 0. The van der Waals surface area contributed by atoms with Crippen molar-refractivity contribution in [1.82, 2.24) is 5.32 Å². The van der Waals surface area contributed by atoms with Crippen molar-refractivity contribution in [2.75, 3.05) is 0 Å². The number of hydrogen-bond donors (Lipinski definition) is 1. The highest BCUT2D eigenvalue weighted by molar-refractivity contribution is 5.64. The normalized spacial score (nSPS) is 11.0. The van der Waals surface area contributed by atoms with Crippen molar-refractivity contribution < 1.29 is 9.18 Å². The summed E-state index contributed by atoms with van der Waals surface area (Å²) in [5.41, 5.74) is 2.38. The molecule has 0 spiro atoms. The van der Waals surface area contributed by atoms with E-state index in [0.29, 0.717) is 23.1 Å². The zero-order valence-electron chi connectivity index (χ0n) is 11.6. The third-order valence-corrected chi connectivity index (χ3v) is 3.25. The Morgan fingerprint density at radius 2 is 1.82 bits per heavy atom. The molecule has 0 saturated heterocycles. The van der Waals surface area contributed by atoms with Crippen LogP contribution in [0.4, 0.5) is 4.39 Å². The highest BCUT2D eigenvalue weighted by atomic mass is 19.1. The van der Waals surface area contributed by atoms with E-state index in [0.717, 1.165) is 5.56 Å². The lowest BCUT2D eigenvalue weighted by molar-refractivity contribution is -0.109. The minimum absolute atomic E-state index is 0.106. The molecule has 0 aromatic heterocycles. The first-order chi connectivity index (χ1) is 10.7. The molecule has 0 unspecified atom stereocenters. The molecule has 0 saturated carbocycles. The van der Waals surface area contributed by atoms with Crippen LogP contribution in [0.2, 0.25) is 0 Å². The highest BCUT2D eigenvalue weighted by Crippen LogP contribution is 2.23. The lowest BCUT2D eigenvalue weighted by Gasteiger charge is -2.10. The predicted octanol–water partition coefficient (Wildman–Crippen LogP) is 2.55. The second kappa shape index (κ2) is 7.01. The van der Waals surface area contributed by atoms with Gasteiger partial charge in [0.25, 0.3) is 0 Å². The molecule has 108 valence electrons. The Balaban J connectivity index is 2.24. The van der Waals surface area contributed by atoms with Crippen LogP contribution in [0.15, 0.2) is 42.5 Å². The van der Waals surface area contributed by atoms with Crippen molar-refractivity contribution in [3.05, 3.63) is 59.4 Å². The van der Waals surface area contributed by atoms with E-state index in [1.807, 2.05) is 12.1 Å². The van der Waals surface area contributed by atoms with Crippen LogP contribution in [0.25, 0.3) is 11.1 Å². The molecular weight excluding hydrogens is 281 g/mol. The van der Waals surface area contributed by atoms with Gasteiger partial charge in [-0.05, 0) is 34.9 Å². The summed E-state index contributed by atoms with van der Waals surface area (Å²) in [6.07, 6.45) is 0.533. The molecule has 2 rings (SSSR count). The number of rotatable bonds is 5. The average molecular weight is 293 g/mol. The Morgan fingerprint density at radius 1 is 1.14 bits per heavy atom. The van der Waals surface area contributed by atoms with Crippen molar-refractivity contribution in [3.8, 4) is 23.3 Å². The Morgan fingerprint density at radius 3 is 2.36 bits per heavy atom. The minimum Gasteiger partial charge on any atom is -0.343 e. The van der Waals surface area contributed by atoms with Crippen LogP contribution in [0, 0.1) is 28.5 Å². The molecule has 1 N–H and O–H groups in total. The molecule has 0 aliphatic heterocycles. The third-order valence-electron chi connectivity index (χ3n) is 3.25. The van der Waals surface area contributed by atoms with Gasteiger partial charge in [0.2, 0.25) is 6.41 Å². The Kier molecular flexibility index (Phi) is 4.85. The summed E-state index contributed by atoms with van der Waals surface area (Å²) in [5.74, 6) is -0.435. The zero-order chi connectivity index (χ0) is 15.9. The fraction of sp³-hybridized carbons (Fsp3) is 0.118. The summed E-state index contributed by atoms with van der Waals surface area (Å²) < 4.78 is 14.1. The Labute approximate surface area is 127 Å². The quantitative estimate of drug-likeness (QED) is 0.861. The summed E-state index contributed by atoms with van der Waals surface area (Å²) in [6, 6.07) is 14.7. The van der Waals surface area contributed by atoms with E-state index in [9.17, 15) is 9.18 Å². The number of carbonyl (C=O) groups is 1. The number of nitrogens with one attached hydrogen (secondary N) is 1. The van der Waals surface area contributed by atoms with Gasteiger partial charge in [-0.2, -0.15) is 10.5 Å². The number of benzene rings is 2. The van der Waals surface area contributed by atoms with Gasteiger partial charge in [-0.25, -0.2) is 4.39 Å². The van der Waals surface area contributed by atoms with E-state index in [4.69, 9.17) is 10.5 Å². The van der Waals surface area contributed by atoms with Crippen LogP contribution in [0.5, 0.6) is 0 Å². The lowest BCUT2D eigenvalue weighted by Crippen LogP contribution is -2.28. The van der Waals surface area contributed by atoms with Crippen molar-refractivity contribution in [1.29, 1.82) is 10.5 Å². The highest BCUT2D eigenvalue weighted by Gasteiger charge is 2.11. The van der Waals surface area contributed by atoms with Gasteiger partial charge < -0.3 is 5.32 Å². The second-order valence-corrected chi connectivity index (χ2v) is 4.67. The third kappa shape index (κ3) is 3.47. The number of hydrogen-bond acceptors (Lipinski definition) is 3. The number of halogens is 1. The molecular formula is C17H12FN3O. The van der Waals surface area contributed by atoms with Crippen molar-refractivity contribution >= 4 is 6.41 Å². The van der Waals surface area contributed by atoms with Gasteiger partial charge in [-0.1, -0.05) is 24.3 Å². The molecule has 0 heterocycles. The summed E-state index contributed by atoms with van der Waals surface area (Å²) in [5, 5.41) is 20.0. The van der Waals surface area contributed by atoms with Gasteiger partial charge in [0.15, 0.2) is 0 Å². The average Bonchev–Trinajstić information content (AvgIpc) is 2.56. The second-order valence-electron chi connectivity index (χ2n) is 4.67. The van der Waals surface area contributed by atoms with E-state index in [-0.39, 0.29) is 6.42 Å². The van der Waals surface area contributed by atoms with Crippen molar-refractivity contribution in [2.45, 2.75) is 12.5 Å². The van der Waals surface area contributed by atoms with E-state index in [1.165, 1.54) is 6.07 Å². The van der Waals surface area contributed by atoms with Crippen molar-refractivity contribution in [3.63, 3.8) is 0 Å². The van der Waals surface area contributed by atoms with Gasteiger partial charge in [0.05, 0.1) is 17.7 Å². The molecule has 0 fully saturated rings. The topological polar surface area (TPSA) is 76.7 Å². The van der Waals surface area contributed by atoms with Crippen LogP contribution in [0.3, 0.4) is 0 Å². The maximum Gasteiger partial charge on any atom is 0.208 e. The predicted molar refractivity (Wildman–Crippen MR) is 78.9 cm³/mol. The molecule has 0 aliphatic rings. The largest absolute Gasteiger partial charge is 0.343 e. The van der Waals surface area contributed by atoms with E-state index < -0.39 is 11.9 Å². The minimum atomic E-state index is -0.757. The number of carbonyl (C=O) groups excluding carboxylic acids is 1. The monoisotopic (exact) mass is 293 g/mol. The molecule has 0 aliphatic carbocycles. The molecule has 5 heteroatoms. The molecule has 0 radical (unpaired) electrons. The molecule has 2 aromatic carbocycles. The Hall–Kier alpha value is -3.18. The molecule has 1 amide bonds. The van der Waals surface area contributed by atoms with E-state index >= 15 is 0 Å². The van der Waals surface area contributed by atoms with Gasteiger partial charge in [0, 0.05) is 6.42 Å². The van der Waals surface area contributed by atoms with Gasteiger partial charge in [-0.15, -0.1) is 0 Å². The first-order valence-electron chi connectivity index (χ1n) is 6.56. The number of nitriles is 2. The SMILES string of the molecule is N#Cc1ccc(-c2ccc(C[C@@H](C#N)NC=O)c(F)c2)cc1. The Bertz CT molecular complexity index is 757. The molecule has 0 bridgehead atoms. The number of nitrogens with zero attached hydrogens (tertiary/aromatic N) is 2. The van der Waals surface area contributed by atoms with Crippen LogP contribution >= 0.6 is 0 Å². The number of amides is 1. The summed E-state index contributed by atoms with van der Waals surface area (Å²) >= 11 is 0. The zero-order valence-corrected chi connectivity index (χ0v) is 11.6. The molecule has 2 aromatic rings. The maximum atomic E-state index is 14.1. The van der Waals surface area contributed by atoms with Crippen LogP contribution < -0.4 is 5.32 Å². The van der Waals surface area contributed by atoms with E-state index in [2.05, 4.69) is 5.32 Å². The summed E-state index contributed by atoms with van der Waals surface area (Å²) in [4.78, 5) is 10.4. The smallest absolute Gasteiger partial charge is 0.208 e. The van der Waals surface area contributed by atoms with Crippen LogP contribution in [-0.4, -0.2) is 12.5 Å². The molecule has 1 atom stereocenters. The lowest BCUT2D eigenvalue weighted by atomic mass is 9.99. The van der Waals surface area contributed by atoms with Crippen LogP contribution in [-0.2, 0) is 11.2 Å².